The van der Waals surface area contributed by atoms with E-state index >= 15 is 0 Å². The molecule has 0 fully saturated rings. The summed E-state index contributed by atoms with van der Waals surface area (Å²) in [6, 6.07) is 6.75. The van der Waals surface area contributed by atoms with Crippen molar-refractivity contribution in [3.8, 4) is 6.07 Å². The number of amides is 1. The minimum atomic E-state index is -0.220. The largest absolute Gasteiger partial charge is 0.325 e. The summed E-state index contributed by atoms with van der Waals surface area (Å²) in [5.74, 6) is -0.122. The molecule has 0 aliphatic heterocycles. The van der Waals surface area contributed by atoms with E-state index in [4.69, 9.17) is 16.9 Å². The Hall–Kier alpha value is -1.05. The summed E-state index contributed by atoms with van der Waals surface area (Å²) in [7, 11) is 0. The Bertz CT molecular complexity index is 442. The minimum Gasteiger partial charge on any atom is -0.325 e. The Balaban J connectivity index is 2.80. The second-order valence-corrected chi connectivity index (χ2v) is 4.68. The lowest BCUT2D eigenvalue weighted by atomic mass is 10.2. The normalized spacial score (nSPS) is 11.6. The highest BCUT2D eigenvalue weighted by Crippen LogP contribution is 2.20. The van der Waals surface area contributed by atoms with E-state index in [0.717, 1.165) is 0 Å². The smallest absolute Gasteiger partial charge is 0.238 e. The van der Waals surface area contributed by atoms with E-state index < -0.39 is 0 Å². The molecular weight excluding hydrogens is 291 g/mol. The van der Waals surface area contributed by atoms with Crippen molar-refractivity contribution in [3.63, 3.8) is 0 Å². The standard InChI is InChI=1S/C11H10BrClN2O/c1-2-9(12)11(16)15-8-4-3-7(6-14)10(13)5-8/h3-5,9H,2H2,1H3,(H,15,16). The molecule has 3 nitrogen and oxygen atoms in total. The number of nitriles is 1. The van der Waals surface area contributed by atoms with Crippen LogP contribution in [0.1, 0.15) is 18.9 Å². The van der Waals surface area contributed by atoms with E-state index in [1.807, 2.05) is 13.0 Å². The van der Waals surface area contributed by atoms with Crippen LogP contribution in [0.4, 0.5) is 5.69 Å². The molecule has 1 N–H and O–H groups in total. The lowest BCUT2D eigenvalue weighted by Gasteiger charge is -2.09. The van der Waals surface area contributed by atoms with Gasteiger partial charge in [0.05, 0.1) is 15.4 Å². The van der Waals surface area contributed by atoms with E-state index in [1.54, 1.807) is 18.2 Å². The Kier molecular flexibility index (Phi) is 4.78. The third-order valence-electron chi connectivity index (χ3n) is 2.00. The Labute approximate surface area is 108 Å². The van der Waals surface area contributed by atoms with Gasteiger partial charge in [0.25, 0.3) is 0 Å². The van der Waals surface area contributed by atoms with Crippen molar-refractivity contribution >= 4 is 39.1 Å². The fourth-order valence-electron chi connectivity index (χ4n) is 1.09. The number of nitrogens with one attached hydrogen (secondary N) is 1. The number of halogens is 2. The number of nitrogens with zero attached hydrogens (tertiary/aromatic N) is 1. The maximum Gasteiger partial charge on any atom is 0.238 e. The van der Waals surface area contributed by atoms with E-state index in [1.165, 1.54) is 0 Å². The van der Waals surface area contributed by atoms with Crippen molar-refractivity contribution in [2.45, 2.75) is 18.2 Å². The Morgan fingerprint density at radius 1 is 1.69 bits per heavy atom. The topological polar surface area (TPSA) is 52.9 Å². The summed E-state index contributed by atoms with van der Waals surface area (Å²) in [6.45, 7) is 1.91. The van der Waals surface area contributed by atoms with Gasteiger partial charge in [0, 0.05) is 5.69 Å². The third-order valence-corrected chi connectivity index (χ3v) is 3.38. The molecule has 16 heavy (non-hydrogen) atoms. The molecule has 1 rings (SSSR count). The van der Waals surface area contributed by atoms with Gasteiger partial charge < -0.3 is 5.32 Å². The van der Waals surface area contributed by atoms with Gasteiger partial charge in [0.15, 0.2) is 0 Å². The molecule has 0 heterocycles. The van der Waals surface area contributed by atoms with E-state index in [9.17, 15) is 4.79 Å². The minimum absolute atomic E-state index is 0.122. The molecular formula is C11H10BrClN2O. The van der Waals surface area contributed by atoms with Gasteiger partial charge in [-0.2, -0.15) is 5.26 Å². The molecule has 1 aromatic rings. The summed E-state index contributed by atoms with van der Waals surface area (Å²) in [4.78, 5) is 11.3. The lowest BCUT2D eigenvalue weighted by Crippen LogP contribution is -2.21. The zero-order valence-corrected chi connectivity index (χ0v) is 11.0. The molecule has 1 aromatic carbocycles. The molecule has 0 radical (unpaired) electrons. The molecule has 0 spiro atoms. The number of alkyl halides is 1. The number of hydrogen-bond acceptors (Lipinski definition) is 2. The van der Waals surface area contributed by atoms with Crippen LogP contribution in [-0.2, 0) is 4.79 Å². The van der Waals surface area contributed by atoms with Gasteiger partial charge in [-0.1, -0.05) is 34.5 Å². The van der Waals surface area contributed by atoms with Gasteiger partial charge in [-0.05, 0) is 24.6 Å². The second kappa shape index (κ2) is 5.88. The van der Waals surface area contributed by atoms with Crippen molar-refractivity contribution in [3.05, 3.63) is 28.8 Å². The van der Waals surface area contributed by atoms with Crippen LogP contribution >= 0.6 is 27.5 Å². The number of rotatable bonds is 3. The molecule has 84 valence electrons. The van der Waals surface area contributed by atoms with Crippen molar-refractivity contribution in [1.82, 2.24) is 0 Å². The molecule has 0 aliphatic rings. The first-order valence-electron chi connectivity index (χ1n) is 4.73. The maximum absolute atomic E-state index is 11.5. The zero-order valence-electron chi connectivity index (χ0n) is 8.63. The van der Waals surface area contributed by atoms with Crippen LogP contribution in [0.25, 0.3) is 0 Å². The van der Waals surface area contributed by atoms with Crippen molar-refractivity contribution in [2.75, 3.05) is 5.32 Å². The maximum atomic E-state index is 11.5. The average molecular weight is 302 g/mol. The van der Waals surface area contributed by atoms with Gasteiger partial charge in [0.1, 0.15) is 6.07 Å². The van der Waals surface area contributed by atoms with Gasteiger partial charge in [-0.3, -0.25) is 4.79 Å². The number of benzene rings is 1. The molecule has 0 bridgehead atoms. The van der Waals surface area contributed by atoms with Gasteiger partial charge >= 0.3 is 0 Å². The first-order chi connectivity index (χ1) is 7.58. The molecule has 1 atom stereocenters. The number of anilines is 1. The van der Waals surface area contributed by atoms with Crippen LogP contribution < -0.4 is 5.32 Å². The van der Waals surface area contributed by atoms with Gasteiger partial charge in [-0.25, -0.2) is 0 Å². The summed E-state index contributed by atoms with van der Waals surface area (Å²) < 4.78 is 0. The average Bonchev–Trinajstić information content (AvgIpc) is 2.28. The van der Waals surface area contributed by atoms with Crippen LogP contribution in [0.15, 0.2) is 18.2 Å². The van der Waals surface area contributed by atoms with Crippen molar-refractivity contribution < 1.29 is 4.79 Å². The predicted molar refractivity (Wildman–Crippen MR) is 67.8 cm³/mol. The highest BCUT2D eigenvalue weighted by Gasteiger charge is 2.12. The molecule has 0 saturated carbocycles. The third kappa shape index (κ3) is 3.22. The summed E-state index contributed by atoms with van der Waals surface area (Å²) in [6.07, 6.45) is 0.704. The van der Waals surface area contributed by atoms with Crippen LogP contribution in [0.3, 0.4) is 0 Å². The molecule has 1 unspecified atom stereocenters. The Morgan fingerprint density at radius 2 is 2.38 bits per heavy atom. The highest BCUT2D eigenvalue weighted by atomic mass is 79.9. The molecule has 1 amide bonds. The lowest BCUT2D eigenvalue weighted by molar-refractivity contribution is -0.115. The van der Waals surface area contributed by atoms with Crippen molar-refractivity contribution in [1.29, 1.82) is 5.26 Å². The number of carbonyl (C=O) groups excluding carboxylic acids is 1. The summed E-state index contributed by atoms with van der Waals surface area (Å²) in [5.41, 5.74) is 0.984. The predicted octanol–water partition coefficient (Wildman–Crippen LogP) is 3.32. The SMILES string of the molecule is CCC(Br)C(=O)Nc1ccc(C#N)c(Cl)c1. The quantitative estimate of drug-likeness (QED) is 0.871. The molecule has 0 aliphatic carbocycles. The first kappa shape index (κ1) is 13.0. The zero-order chi connectivity index (χ0) is 12.1. The van der Waals surface area contributed by atoms with Crippen LogP contribution in [0.2, 0.25) is 5.02 Å². The molecule has 5 heteroatoms. The van der Waals surface area contributed by atoms with E-state index in [0.29, 0.717) is 22.7 Å². The Morgan fingerprint density at radius 3 is 2.88 bits per heavy atom. The van der Waals surface area contributed by atoms with Crippen LogP contribution in [-0.4, -0.2) is 10.7 Å². The summed E-state index contributed by atoms with van der Waals surface area (Å²) >= 11 is 9.09. The first-order valence-corrected chi connectivity index (χ1v) is 6.02. The van der Waals surface area contributed by atoms with Gasteiger partial charge in [-0.15, -0.1) is 0 Å². The summed E-state index contributed by atoms with van der Waals surface area (Å²) in [5, 5.41) is 11.7. The number of hydrogen-bond donors (Lipinski definition) is 1. The van der Waals surface area contributed by atoms with Crippen LogP contribution in [0.5, 0.6) is 0 Å². The van der Waals surface area contributed by atoms with E-state index in [-0.39, 0.29) is 10.7 Å². The van der Waals surface area contributed by atoms with Crippen molar-refractivity contribution in [2.24, 2.45) is 0 Å². The van der Waals surface area contributed by atoms with Gasteiger partial charge in [0.2, 0.25) is 5.91 Å². The molecule has 0 aromatic heterocycles. The highest BCUT2D eigenvalue weighted by molar-refractivity contribution is 9.10. The van der Waals surface area contributed by atoms with E-state index in [2.05, 4.69) is 21.2 Å². The molecule has 0 saturated heterocycles. The van der Waals surface area contributed by atoms with Crippen LogP contribution in [0, 0.1) is 11.3 Å². The fourth-order valence-corrected chi connectivity index (χ4v) is 1.43. The second-order valence-electron chi connectivity index (χ2n) is 3.17. The monoisotopic (exact) mass is 300 g/mol. The fraction of sp³-hybridized carbons (Fsp3) is 0.273. The number of carbonyl (C=O) groups is 1.